The molecule has 0 saturated carbocycles. The van der Waals surface area contributed by atoms with Crippen LogP contribution in [0.5, 0.6) is 5.75 Å². The van der Waals surface area contributed by atoms with Crippen molar-refractivity contribution in [1.82, 2.24) is 5.32 Å². The summed E-state index contributed by atoms with van der Waals surface area (Å²) < 4.78 is 10.2. The lowest BCUT2D eigenvalue weighted by molar-refractivity contribution is 0.0695. The van der Waals surface area contributed by atoms with Crippen molar-refractivity contribution >= 4 is 11.6 Å². The van der Waals surface area contributed by atoms with E-state index in [4.69, 9.17) is 21.1 Å². The molecule has 2 N–H and O–H groups in total. The molecule has 0 spiro atoms. The molecular formula is C13H20ClNO3. The summed E-state index contributed by atoms with van der Waals surface area (Å²) in [6.07, 6.45) is 0.922. The van der Waals surface area contributed by atoms with Gasteiger partial charge in [-0.2, -0.15) is 0 Å². The Morgan fingerprint density at radius 1 is 1.28 bits per heavy atom. The summed E-state index contributed by atoms with van der Waals surface area (Å²) in [5.41, 5.74) is 0.808. The van der Waals surface area contributed by atoms with E-state index in [1.54, 1.807) is 25.3 Å². The first kappa shape index (κ1) is 15.2. The van der Waals surface area contributed by atoms with Gasteiger partial charge in [-0.1, -0.05) is 11.6 Å². The second-order valence-electron chi connectivity index (χ2n) is 3.91. The van der Waals surface area contributed by atoms with Crippen molar-refractivity contribution in [1.29, 1.82) is 0 Å². The number of methoxy groups -OCH3 is 1. The first-order chi connectivity index (χ1) is 8.74. The van der Waals surface area contributed by atoms with Crippen LogP contribution in [-0.2, 0) is 16.0 Å². The zero-order valence-corrected chi connectivity index (χ0v) is 11.4. The normalized spacial score (nSPS) is 10.8. The van der Waals surface area contributed by atoms with Gasteiger partial charge < -0.3 is 19.9 Å². The molecule has 0 aliphatic carbocycles. The van der Waals surface area contributed by atoms with Crippen molar-refractivity contribution in [3.63, 3.8) is 0 Å². The maximum absolute atomic E-state index is 9.60. The fourth-order valence-corrected chi connectivity index (χ4v) is 1.66. The third-order valence-electron chi connectivity index (χ3n) is 2.43. The van der Waals surface area contributed by atoms with E-state index in [-0.39, 0.29) is 5.75 Å². The Morgan fingerprint density at radius 3 is 2.89 bits per heavy atom. The van der Waals surface area contributed by atoms with Gasteiger partial charge >= 0.3 is 0 Å². The van der Waals surface area contributed by atoms with E-state index in [9.17, 15) is 5.11 Å². The lowest BCUT2D eigenvalue weighted by atomic mass is 10.2. The van der Waals surface area contributed by atoms with Gasteiger partial charge in [-0.25, -0.2) is 0 Å². The Bertz CT molecular complexity index is 347. The summed E-state index contributed by atoms with van der Waals surface area (Å²) in [4.78, 5) is 0. The molecule has 0 saturated heterocycles. The van der Waals surface area contributed by atoms with Crippen molar-refractivity contribution < 1.29 is 14.6 Å². The van der Waals surface area contributed by atoms with E-state index in [0.717, 1.165) is 18.5 Å². The molecule has 5 heteroatoms. The average Bonchev–Trinajstić information content (AvgIpc) is 2.36. The van der Waals surface area contributed by atoms with Crippen LogP contribution in [0.3, 0.4) is 0 Å². The van der Waals surface area contributed by atoms with Crippen molar-refractivity contribution in [2.75, 3.05) is 33.5 Å². The second kappa shape index (κ2) is 9.16. The van der Waals surface area contributed by atoms with Crippen LogP contribution in [0.1, 0.15) is 12.0 Å². The van der Waals surface area contributed by atoms with Crippen LogP contribution in [0, 0.1) is 0 Å². The number of hydrogen-bond acceptors (Lipinski definition) is 4. The molecule has 1 rings (SSSR count). The van der Waals surface area contributed by atoms with E-state index in [0.29, 0.717) is 31.4 Å². The first-order valence-corrected chi connectivity index (χ1v) is 6.36. The Kier molecular flexibility index (Phi) is 7.76. The Hall–Kier alpha value is -0.810. The summed E-state index contributed by atoms with van der Waals surface area (Å²) in [5, 5.41) is 13.5. The predicted octanol–water partition coefficient (Wildman–Crippen LogP) is 2.19. The molecule has 0 amide bonds. The Labute approximate surface area is 113 Å². The van der Waals surface area contributed by atoms with Crippen molar-refractivity contribution in [2.45, 2.75) is 13.0 Å². The molecule has 0 fully saturated rings. The lowest BCUT2D eigenvalue weighted by Gasteiger charge is -2.07. The van der Waals surface area contributed by atoms with Crippen molar-refractivity contribution in [3.05, 3.63) is 28.8 Å². The molecule has 102 valence electrons. The topological polar surface area (TPSA) is 50.7 Å². The molecule has 0 unspecified atom stereocenters. The van der Waals surface area contributed by atoms with E-state index < -0.39 is 0 Å². The molecular weight excluding hydrogens is 254 g/mol. The standard InChI is InChI=1S/C13H20ClNO3/c1-17-7-8-18-6-2-5-15-10-11-9-12(14)3-4-13(11)16/h3-4,9,15-16H,2,5-8,10H2,1H3. The summed E-state index contributed by atoms with van der Waals surface area (Å²) in [6, 6.07) is 5.04. The van der Waals surface area contributed by atoms with Gasteiger partial charge in [-0.3, -0.25) is 0 Å². The molecule has 1 aromatic carbocycles. The highest BCUT2D eigenvalue weighted by atomic mass is 35.5. The number of nitrogens with one attached hydrogen (secondary N) is 1. The van der Waals surface area contributed by atoms with Gasteiger partial charge in [0.2, 0.25) is 0 Å². The SMILES string of the molecule is COCCOCCCNCc1cc(Cl)ccc1O. The smallest absolute Gasteiger partial charge is 0.120 e. The number of ether oxygens (including phenoxy) is 2. The third-order valence-corrected chi connectivity index (χ3v) is 2.67. The highest BCUT2D eigenvalue weighted by molar-refractivity contribution is 6.30. The van der Waals surface area contributed by atoms with Crippen molar-refractivity contribution in [2.24, 2.45) is 0 Å². The van der Waals surface area contributed by atoms with E-state index >= 15 is 0 Å². The molecule has 0 aliphatic rings. The molecule has 0 aliphatic heterocycles. The minimum atomic E-state index is 0.267. The molecule has 18 heavy (non-hydrogen) atoms. The number of halogens is 1. The zero-order chi connectivity index (χ0) is 13.2. The first-order valence-electron chi connectivity index (χ1n) is 5.99. The largest absolute Gasteiger partial charge is 0.508 e. The highest BCUT2D eigenvalue weighted by Crippen LogP contribution is 2.20. The van der Waals surface area contributed by atoms with Crippen LogP contribution in [-0.4, -0.2) is 38.6 Å². The predicted molar refractivity (Wildman–Crippen MR) is 72.1 cm³/mol. The summed E-state index contributed by atoms with van der Waals surface area (Å²) in [7, 11) is 1.66. The summed E-state index contributed by atoms with van der Waals surface area (Å²) in [6.45, 7) is 3.40. The zero-order valence-electron chi connectivity index (χ0n) is 10.6. The monoisotopic (exact) mass is 273 g/mol. The molecule has 0 atom stereocenters. The molecule has 4 nitrogen and oxygen atoms in total. The third kappa shape index (κ3) is 6.21. The fourth-order valence-electron chi connectivity index (χ4n) is 1.46. The molecule has 1 aromatic rings. The number of benzene rings is 1. The lowest BCUT2D eigenvalue weighted by Crippen LogP contribution is -2.17. The van der Waals surface area contributed by atoms with Crippen LogP contribution in [0.15, 0.2) is 18.2 Å². The van der Waals surface area contributed by atoms with E-state index in [1.807, 2.05) is 0 Å². The van der Waals surface area contributed by atoms with E-state index in [1.165, 1.54) is 0 Å². The molecule has 0 bridgehead atoms. The summed E-state index contributed by atoms with van der Waals surface area (Å²) >= 11 is 5.86. The second-order valence-corrected chi connectivity index (χ2v) is 4.34. The summed E-state index contributed by atoms with van der Waals surface area (Å²) in [5.74, 6) is 0.267. The quantitative estimate of drug-likeness (QED) is 0.677. The maximum Gasteiger partial charge on any atom is 0.120 e. The van der Waals surface area contributed by atoms with Crippen LogP contribution in [0.2, 0.25) is 5.02 Å². The van der Waals surface area contributed by atoms with Gasteiger partial charge in [0.1, 0.15) is 5.75 Å². The molecule has 0 heterocycles. The van der Waals surface area contributed by atoms with Crippen LogP contribution < -0.4 is 5.32 Å². The van der Waals surface area contributed by atoms with Crippen LogP contribution in [0.4, 0.5) is 0 Å². The molecule has 0 radical (unpaired) electrons. The highest BCUT2D eigenvalue weighted by Gasteiger charge is 2.01. The average molecular weight is 274 g/mol. The number of hydrogen-bond donors (Lipinski definition) is 2. The van der Waals surface area contributed by atoms with Crippen molar-refractivity contribution in [3.8, 4) is 5.75 Å². The van der Waals surface area contributed by atoms with Gasteiger partial charge in [-0.15, -0.1) is 0 Å². The maximum atomic E-state index is 9.60. The van der Waals surface area contributed by atoms with Crippen LogP contribution in [0.25, 0.3) is 0 Å². The van der Waals surface area contributed by atoms with Crippen LogP contribution >= 0.6 is 11.6 Å². The Balaban J connectivity index is 2.09. The minimum Gasteiger partial charge on any atom is -0.508 e. The minimum absolute atomic E-state index is 0.267. The van der Waals surface area contributed by atoms with Gasteiger partial charge in [0.15, 0.2) is 0 Å². The van der Waals surface area contributed by atoms with Gasteiger partial charge in [0, 0.05) is 30.8 Å². The fraction of sp³-hybridized carbons (Fsp3) is 0.538. The Morgan fingerprint density at radius 2 is 2.11 bits per heavy atom. The number of aromatic hydroxyl groups is 1. The molecule has 0 aromatic heterocycles. The number of phenolic OH excluding ortho intramolecular Hbond substituents is 1. The van der Waals surface area contributed by atoms with Gasteiger partial charge in [0.05, 0.1) is 13.2 Å². The number of rotatable bonds is 9. The van der Waals surface area contributed by atoms with E-state index in [2.05, 4.69) is 5.32 Å². The van der Waals surface area contributed by atoms with Gasteiger partial charge in [-0.05, 0) is 31.2 Å². The van der Waals surface area contributed by atoms with Gasteiger partial charge in [0.25, 0.3) is 0 Å². The number of phenols is 1.